The lowest BCUT2D eigenvalue weighted by molar-refractivity contribution is 0.101. The van der Waals surface area contributed by atoms with Crippen molar-refractivity contribution in [3.05, 3.63) is 54.2 Å². The predicted octanol–water partition coefficient (Wildman–Crippen LogP) is 4.41. The minimum atomic E-state index is 0.0325. The van der Waals surface area contributed by atoms with Crippen molar-refractivity contribution >= 4 is 16.7 Å². The molecule has 0 aliphatic carbocycles. The molecule has 0 N–H and O–H groups in total. The van der Waals surface area contributed by atoms with E-state index in [2.05, 4.69) is 9.97 Å². The van der Waals surface area contributed by atoms with Gasteiger partial charge in [0, 0.05) is 23.1 Å². The molecule has 0 unspecified atom stereocenters. The lowest BCUT2D eigenvalue weighted by Crippen LogP contribution is -2.05. The molecular weight excluding hydrogens is 304 g/mol. The molecule has 0 atom stereocenters. The number of benzene rings is 1. The molecule has 1 aromatic carbocycles. The minimum absolute atomic E-state index is 0.0325. The Bertz CT molecular complexity index is 873. The Balaban J connectivity index is 1.80. The number of pyridine rings is 2. The third-order valence-corrected chi connectivity index (χ3v) is 3.36. The van der Waals surface area contributed by atoms with Crippen molar-refractivity contribution in [1.29, 1.82) is 0 Å². The van der Waals surface area contributed by atoms with Crippen LogP contribution in [0.2, 0.25) is 0 Å². The molecule has 3 rings (SSSR count). The molecule has 0 bridgehead atoms. The van der Waals surface area contributed by atoms with Gasteiger partial charge in [0.1, 0.15) is 5.75 Å². The topological polar surface area (TPSA) is 61.3 Å². The van der Waals surface area contributed by atoms with Crippen LogP contribution in [0.3, 0.4) is 0 Å². The number of nitrogens with zero attached hydrogens (tertiary/aromatic N) is 2. The zero-order valence-electron chi connectivity index (χ0n) is 13.8. The largest absolute Gasteiger partial charge is 0.489 e. The van der Waals surface area contributed by atoms with Crippen LogP contribution in [0.15, 0.2) is 48.7 Å². The third-order valence-electron chi connectivity index (χ3n) is 3.36. The fraction of sp³-hybridized carbons (Fsp3) is 0.211. The maximum atomic E-state index is 11.4. The molecular formula is C19H18N2O3. The molecule has 0 spiro atoms. The summed E-state index contributed by atoms with van der Waals surface area (Å²) in [6, 6.07) is 12.6. The SMILES string of the molecule is CC(=O)c1ccc2nc(Oc3ccc(OC(C)C)cn3)ccc2c1. The van der Waals surface area contributed by atoms with Crippen LogP contribution in [0.25, 0.3) is 10.9 Å². The van der Waals surface area contributed by atoms with E-state index < -0.39 is 0 Å². The number of aromatic nitrogens is 2. The first kappa shape index (κ1) is 15.9. The molecule has 5 nitrogen and oxygen atoms in total. The van der Waals surface area contributed by atoms with Crippen LogP contribution in [-0.2, 0) is 0 Å². The summed E-state index contributed by atoms with van der Waals surface area (Å²) in [6.45, 7) is 5.46. The van der Waals surface area contributed by atoms with Crippen LogP contribution in [0.5, 0.6) is 17.5 Å². The molecule has 0 amide bonds. The van der Waals surface area contributed by atoms with Crippen LogP contribution >= 0.6 is 0 Å². The highest BCUT2D eigenvalue weighted by atomic mass is 16.5. The average Bonchev–Trinajstić information content (AvgIpc) is 2.55. The molecule has 2 heterocycles. The summed E-state index contributed by atoms with van der Waals surface area (Å²) in [6.07, 6.45) is 1.72. The molecule has 5 heteroatoms. The molecule has 3 aromatic rings. The molecule has 0 aliphatic heterocycles. The van der Waals surface area contributed by atoms with E-state index in [1.165, 1.54) is 0 Å². The van der Waals surface area contributed by atoms with Crippen molar-refractivity contribution in [3.8, 4) is 17.5 Å². The summed E-state index contributed by atoms with van der Waals surface area (Å²) in [4.78, 5) is 20.1. The number of hydrogen-bond donors (Lipinski definition) is 0. The summed E-state index contributed by atoms with van der Waals surface area (Å²) in [5.74, 6) is 1.62. The average molecular weight is 322 g/mol. The third kappa shape index (κ3) is 3.68. The predicted molar refractivity (Wildman–Crippen MR) is 91.8 cm³/mol. The quantitative estimate of drug-likeness (QED) is 0.651. The van der Waals surface area contributed by atoms with Gasteiger partial charge in [-0.2, -0.15) is 0 Å². The number of carbonyl (C=O) groups is 1. The second kappa shape index (κ2) is 6.66. The molecule has 0 saturated carbocycles. The molecule has 24 heavy (non-hydrogen) atoms. The fourth-order valence-electron chi connectivity index (χ4n) is 2.26. The van der Waals surface area contributed by atoms with Gasteiger partial charge in [-0.05, 0) is 51.1 Å². The Morgan fingerprint density at radius 1 is 1.04 bits per heavy atom. The van der Waals surface area contributed by atoms with E-state index in [1.807, 2.05) is 38.1 Å². The molecule has 0 radical (unpaired) electrons. The van der Waals surface area contributed by atoms with Crippen molar-refractivity contribution < 1.29 is 14.3 Å². The van der Waals surface area contributed by atoms with Crippen LogP contribution in [-0.4, -0.2) is 21.9 Å². The molecule has 0 aliphatic rings. The van der Waals surface area contributed by atoms with Gasteiger partial charge in [0.2, 0.25) is 11.8 Å². The molecule has 0 fully saturated rings. The number of fused-ring (bicyclic) bond motifs is 1. The number of carbonyl (C=O) groups excluding carboxylic acids is 1. The maximum absolute atomic E-state index is 11.4. The smallest absolute Gasteiger partial charge is 0.221 e. The summed E-state index contributed by atoms with van der Waals surface area (Å²) in [7, 11) is 0. The first-order chi connectivity index (χ1) is 11.5. The Labute approximate surface area is 140 Å². The number of Topliss-reactive ketones (excluding diaryl/α,β-unsaturated/α-hetero) is 1. The summed E-state index contributed by atoms with van der Waals surface area (Å²) < 4.78 is 11.2. The van der Waals surface area contributed by atoms with Gasteiger partial charge in [0.05, 0.1) is 17.8 Å². The normalized spacial score (nSPS) is 10.8. The van der Waals surface area contributed by atoms with E-state index in [0.29, 0.717) is 23.1 Å². The number of rotatable bonds is 5. The standard InChI is InChI=1S/C19H18N2O3/c1-12(2)23-16-6-9-18(20-11-16)24-19-8-5-15-10-14(13(3)22)4-7-17(15)21-19/h4-12H,1-3H3. The van der Waals surface area contributed by atoms with E-state index in [0.717, 1.165) is 10.9 Å². The number of ketones is 1. The Kier molecular flexibility index (Phi) is 4.42. The highest BCUT2D eigenvalue weighted by Gasteiger charge is 2.06. The first-order valence-electron chi connectivity index (χ1n) is 7.73. The van der Waals surface area contributed by atoms with Gasteiger partial charge in [0.15, 0.2) is 5.78 Å². The molecule has 122 valence electrons. The number of hydrogen-bond acceptors (Lipinski definition) is 5. The lowest BCUT2D eigenvalue weighted by atomic mass is 10.1. The monoisotopic (exact) mass is 322 g/mol. The number of ether oxygens (including phenoxy) is 2. The van der Waals surface area contributed by atoms with Gasteiger partial charge in [-0.15, -0.1) is 0 Å². The zero-order chi connectivity index (χ0) is 17.1. The van der Waals surface area contributed by atoms with Crippen molar-refractivity contribution in [1.82, 2.24) is 9.97 Å². The second-order valence-electron chi connectivity index (χ2n) is 5.71. The lowest BCUT2D eigenvalue weighted by Gasteiger charge is -2.10. The van der Waals surface area contributed by atoms with Crippen LogP contribution in [0, 0.1) is 0 Å². The maximum Gasteiger partial charge on any atom is 0.221 e. The Hall–Kier alpha value is -2.95. The van der Waals surface area contributed by atoms with E-state index >= 15 is 0 Å². The van der Waals surface area contributed by atoms with Gasteiger partial charge in [-0.25, -0.2) is 9.97 Å². The van der Waals surface area contributed by atoms with Gasteiger partial charge in [-0.1, -0.05) is 0 Å². The highest BCUT2D eigenvalue weighted by Crippen LogP contribution is 2.23. The molecule has 2 aromatic heterocycles. The van der Waals surface area contributed by atoms with E-state index in [9.17, 15) is 4.79 Å². The zero-order valence-corrected chi connectivity index (χ0v) is 13.8. The van der Waals surface area contributed by atoms with Crippen molar-refractivity contribution in [2.45, 2.75) is 26.9 Å². The Morgan fingerprint density at radius 2 is 1.83 bits per heavy atom. The van der Waals surface area contributed by atoms with Gasteiger partial charge >= 0.3 is 0 Å². The molecule has 0 saturated heterocycles. The highest BCUT2D eigenvalue weighted by molar-refractivity contribution is 5.97. The van der Waals surface area contributed by atoms with E-state index in [4.69, 9.17) is 9.47 Å². The summed E-state index contributed by atoms with van der Waals surface area (Å²) >= 11 is 0. The van der Waals surface area contributed by atoms with Crippen LogP contribution in [0.1, 0.15) is 31.1 Å². The first-order valence-corrected chi connectivity index (χ1v) is 7.73. The van der Waals surface area contributed by atoms with Gasteiger partial charge in [-0.3, -0.25) is 4.79 Å². The van der Waals surface area contributed by atoms with Crippen LogP contribution < -0.4 is 9.47 Å². The summed E-state index contributed by atoms with van der Waals surface area (Å²) in [5, 5.41) is 0.892. The van der Waals surface area contributed by atoms with Gasteiger partial charge in [0.25, 0.3) is 0 Å². The van der Waals surface area contributed by atoms with Crippen molar-refractivity contribution in [3.63, 3.8) is 0 Å². The van der Waals surface area contributed by atoms with Crippen molar-refractivity contribution in [2.75, 3.05) is 0 Å². The van der Waals surface area contributed by atoms with E-state index in [1.54, 1.807) is 31.3 Å². The van der Waals surface area contributed by atoms with Crippen LogP contribution in [0.4, 0.5) is 0 Å². The van der Waals surface area contributed by atoms with Gasteiger partial charge < -0.3 is 9.47 Å². The minimum Gasteiger partial charge on any atom is -0.489 e. The van der Waals surface area contributed by atoms with Crippen molar-refractivity contribution in [2.24, 2.45) is 0 Å². The fourth-order valence-corrected chi connectivity index (χ4v) is 2.26. The summed E-state index contributed by atoms with van der Waals surface area (Å²) in [5.41, 5.74) is 1.43. The Morgan fingerprint density at radius 3 is 2.50 bits per heavy atom. The van der Waals surface area contributed by atoms with E-state index in [-0.39, 0.29) is 11.9 Å². The second-order valence-corrected chi connectivity index (χ2v) is 5.71.